The number of amides is 1. The lowest BCUT2D eigenvalue weighted by Crippen LogP contribution is -2.47. The number of rotatable bonds is 7. The monoisotopic (exact) mass is 324 g/mol. The van der Waals surface area contributed by atoms with Gasteiger partial charge >= 0.3 is 5.91 Å². The number of nitrogens with zero attached hydrogens (tertiary/aromatic N) is 1. The molecule has 1 aromatic carbocycles. The zero-order valence-electron chi connectivity index (χ0n) is 12.6. The van der Waals surface area contributed by atoms with E-state index in [1.807, 2.05) is 0 Å². The van der Waals surface area contributed by atoms with Gasteiger partial charge in [-0.05, 0) is 6.07 Å². The van der Waals surface area contributed by atoms with Crippen LogP contribution in [-0.2, 0) is 0 Å². The van der Waals surface area contributed by atoms with Crippen molar-refractivity contribution in [3.05, 3.63) is 34.9 Å². The highest BCUT2D eigenvalue weighted by Crippen LogP contribution is 2.25. The van der Waals surface area contributed by atoms with Gasteiger partial charge in [-0.25, -0.2) is 22.4 Å². The number of hydrogen-bond acceptors (Lipinski definition) is 1. The third-order valence-electron chi connectivity index (χ3n) is 3.43. The Morgan fingerprint density at radius 1 is 0.955 bits per heavy atom. The lowest BCUT2D eigenvalue weighted by atomic mass is 10.1. The molecule has 0 aliphatic heterocycles. The van der Waals surface area contributed by atoms with Crippen LogP contribution in [0.3, 0.4) is 0 Å². The molecule has 1 rings (SSSR count). The van der Waals surface area contributed by atoms with Gasteiger partial charge in [-0.3, -0.25) is 0 Å². The van der Waals surface area contributed by atoms with E-state index < -0.39 is 39.4 Å². The average Bonchev–Trinajstić information content (AvgIpc) is 2.51. The van der Waals surface area contributed by atoms with Crippen LogP contribution in [0.5, 0.6) is 0 Å². The molecule has 1 amide bonds. The van der Waals surface area contributed by atoms with E-state index >= 15 is 0 Å². The SMILES string of the molecule is CCCC[N+](F)(CCCC)C(=O)c1cc(F)c(F)c(F)c1F. The highest BCUT2D eigenvalue weighted by Gasteiger charge is 2.41. The van der Waals surface area contributed by atoms with Crippen molar-refractivity contribution in [3.63, 3.8) is 0 Å². The molecule has 0 aromatic heterocycles. The highest BCUT2D eigenvalue weighted by molar-refractivity contribution is 5.89. The predicted octanol–water partition coefficient (Wildman–Crippen LogP) is 4.68. The van der Waals surface area contributed by atoms with Crippen molar-refractivity contribution in [2.75, 3.05) is 13.1 Å². The quantitative estimate of drug-likeness (QED) is 0.308. The summed E-state index contributed by atoms with van der Waals surface area (Å²) in [5.41, 5.74) is -1.11. The molecule has 0 spiro atoms. The maximum absolute atomic E-state index is 14.9. The van der Waals surface area contributed by atoms with Gasteiger partial charge in [0.05, 0.1) is 0 Å². The summed E-state index contributed by atoms with van der Waals surface area (Å²) in [7, 11) is 0. The molecule has 0 saturated carbocycles. The normalized spacial score (nSPS) is 11.8. The molecule has 0 heterocycles. The minimum absolute atomic E-state index is 0.209. The van der Waals surface area contributed by atoms with Gasteiger partial charge in [-0.2, -0.15) is 0 Å². The van der Waals surface area contributed by atoms with Crippen molar-refractivity contribution in [3.8, 4) is 0 Å². The van der Waals surface area contributed by atoms with E-state index in [0.29, 0.717) is 25.7 Å². The van der Waals surface area contributed by atoms with Crippen LogP contribution in [0, 0.1) is 23.3 Å². The smallest absolute Gasteiger partial charge is 0.222 e. The van der Waals surface area contributed by atoms with E-state index in [1.165, 1.54) is 0 Å². The number of carbonyl (C=O) groups is 1. The second kappa shape index (κ2) is 7.67. The van der Waals surface area contributed by atoms with Crippen LogP contribution in [0.1, 0.15) is 49.9 Å². The molecule has 0 radical (unpaired) electrons. The molecule has 0 aliphatic rings. The molecule has 22 heavy (non-hydrogen) atoms. The molecule has 0 unspecified atom stereocenters. The number of hydrogen-bond donors (Lipinski definition) is 0. The largest absolute Gasteiger partial charge is 0.386 e. The average molecular weight is 324 g/mol. The van der Waals surface area contributed by atoms with Crippen molar-refractivity contribution < 1.29 is 31.5 Å². The Hall–Kier alpha value is -1.50. The van der Waals surface area contributed by atoms with Gasteiger partial charge in [-0.15, -0.1) is 0 Å². The summed E-state index contributed by atoms with van der Waals surface area (Å²) >= 11 is 0. The van der Waals surface area contributed by atoms with E-state index in [9.17, 15) is 26.8 Å². The van der Waals surface area contributed by atoms with Crippen molar-refractivity contribution in [2.45, 2.75) is 39.5 Å². The number of carbonyl (C=O) groups excluding carboxylic acids is 1. The topological polar surface area (TPSA) is 17.1 Å². The fourth-order valence-corrected chi connectivity index (χ4v) is 2.08. The molecule has 7 heteroatoms. The van der Waals surface area contributed by atoms with Crippen molar-refractivity contribution in [2.24, 2.45) is 0 Å². The lowest BCUT2D eigenvalue weighted by Gasteiger charge is -2.24. The number of unbranched alkanes of at least 4 members (excludes halogenated alkanes) is 2. The van der Waals surface area contributed by atoms with Crippen molar-refractivity contribution in [1.29, 1.82) is 0 Å². The van der Waals surface area contributed by atoms with E-state index in [2.05, 4.69) is 0 Å². The standard InChI is InChI=1S/C15H19F5NO/c1-3-5-7-21(20,8-6-4-2)15(22)10-9-11(16)13(18)14(19)12(10)17/h9H,3-8H2,1-2H3/q+1. The summed E-state index contributed by atoms with van der Waals surface area (Å²) in [4.78, 5) is 12.2. The second-order valence-electron chi connectivity index (χ2n) is 5.17. The molecule has 0 fully saturated rings. The number of quaternary nitrogens is 1. The summed E-state index contributed by atoms with van der Waals surface area (Å²) in [5, 5.41) is 0. The first-order chi connectivity index (χ1) is 10.3. The molecule has 2 nitrogen and oxygen atoms in total. The Bertz CT molecular complexity index is 539. The van der Waals surface area contributed by atoms with Crippen LogP contribution in [-0.4, -0.2) is 23.7 Å². The van der Waals surface area contributed by atoms with Gasteiger partial charge < -0.3 is 0 Å². The van der Waals surface area contributed by atoms with Gasteiger partial charge in [0.1, 0.15) is 18.7 Å². The Morgan fingerprint density at radius 2 is 1.45 bits per heavy atom. The van der Waals surface area contributed by atoms with Crippen molar-refractivity contribution in [1.82, 2.24) is 0 Å². The molecule has 0 aliphatic carbocycles. The van der Waals surface area contributed by atoms with Gasteiger partial charge in [0.15, 0.2) is 23.3 Å². The first kappa shape index (κ1) is 18.5. The molecule has 0 saturated heterocycles. The lowest BCUT2D eigenvalue weighted by molar-refractivity contribution is -0.987. The van der Waals surface area contributed by atoms with E-state index in [0.717, 1.165) is 0 Å². The Balaban J connectivity index is 3.24. The van der Waals surface area contributed by atoms with Gasteiger partial charge in [-0.1, -0.05) is 31.4 Å². The van der Waals surface area contributed by atoms with Crippen molar-refractivity contribution >= 4 is 5.91 Å². The van der Waals surface area contributed by atoms with E-state index in [1.54, 1.807) is 13.8 Å². The Labute approximate surface area is 126 Å². The van der Waals surface area contributed by atoms with Crippen LogP contribution in [0.15, 0.2) is 6.07 Å². The first-order valence-electron chi connectivity index (χ1n) is 7.23. The molecular formula is C15H19F5NO+. The van der Waals surface area contributed by atoms with Crippen LogP contribution in [0.25, 0.3) is 0 Å². The highest BCUT2D eigenvalue weighted by atomic mass is 19.2. The van der Waals surface area contributed by atoms with Crippen LogP contribution in [0.2, 0.25) is 0 Å². The fourth-order valence-electron chi connectivity index (χ4n) is 2.08. The third kappa shape index (κ3) is 3.82. The van der Waals surface area contributed by atoms with E-state index in [-0.39, 0.29) is 19.2 Å². The van der Waals surface area contributed by atoms with Gasteiger partial charge in [0.2, 0.25) is 0 Å². The van der Waals surface area contributed by atoms with Crippen LogP contribution >= 0.6 is 0 Å². The number of benzene rings is 1. The molecule has 1 aromatic rings. The summed E-state index contributed by atoms with van der Waals surface area (Å²) in [6.07, 6.45) is 1.88. The second-order valence-corrected chi connectivity index (χ2v) is 5.17. The molecule has 0 bridgehead atoms. The molecular weight excluding hydrogens is 305 g/mol. The Morgan fingerprint density at radius 3 is 1.91 bits per heavy atom. The minimum Gasteiger partial charge on any atom is -0.222 e. The predicted molar refractivity (Wildman–Crippen MR) is 71.5 cm³/mol. The molecule has 0 N–H and O–H groups in total. The molecule has 124 valence electrons. The maximum atomic E-state index is 14.9. The van der Waals surface area contributed by atoms with E-state index in [4.69, 9.17) is 0 Å². The Kier molecular flexibility index (Phi) is 6.47. The summed E-state index contributed by atoms with van der Waals surface area (Å²) in [6, 6.07) is 0.209. The zero-order chi connectivity index (χ0) is 16.9. The summed E-state index contributed by atoms with van der Waals surface area (Å²) in [5.74, 6) is -9.11. The fraction of sp³-hybridized carbons (Fsp3) is 0.533. The van der Waals surface area contributed by atoms with Gasteiger partial charge in [0, 0.05) is 17.3 Å². The third-order valence-corrected chi connectivity index (χ3v) is 3.43. The zero-order valence-corrected chi connectivity index (χ0v) is 12.6. The molecule has 0 atom stereocenters. The maximum Gasteiger partial charge on any atom is 0.386 e. The van der Waals surface area contributed by atoms with Crippen LogP contribution in [0.4, 0.5) is 22.0 Å². The number of halogens is 5. The summed E-state index contributed by atoms with van der Waals surface area (Å²) in [6.45, 7) is 3.11. The van der Waals surface area contributed by atoms with Crippen LogP contribution < -0.4 is 0 Å². The van der Waals surface area contributed by atoms with Gasteiger partial charge in [0.25, 0.3) is 0 Å². The minimum atomic E-state index is -2.11. The summed E-state index contributed by atoms with van der Waals surface area (Å²) < 4.78 is 66.3. The first-order valence-corrected chi connectivity index (χ1v) is 7.23.